The number of nitrogens with zero attached hydrogens (tertiary/aromatic N) is 1. The van der Waals surface area contributed by atoms with Gasteiger partial charge in [0.25, 0.3) is 0 Å². The zero-order valence-electron chi connectivity index (χ0n) is 6.97. The van der Waals surface area contributed by atoms with Crippen molar-refractivity contribution >= 4 is 0 Å². The van der Waals surface area contributed by atoms with Gasteiger partial charge in [0.2, 0.25) is 5.88 Å². The third-order valence-corrected chi connectivity index (χ3v) is 0.909. The van der Waals surface area contributed by atoms with Gasteiger partial charge in [-0.05, 0) is 6.07 Å². The Labute approximate surface area is 109 Å². The molecule has 56 valence electrons. The van der Waals surface area contributed by atoms with Crippen LogP contribution in [0.3, 0.4) is 0 Å². The van der Waals surface area contributed by atoms with Crippen molar-refractivity contribution in [1.29, 1.82) is 0 Å². The third kappa shape index (κ3) is 4.87. The summed E-state index contributed by atoms with van der Waals surface area (Å²) in [6.45, 7) is 0. The van der Waals surface area contributed by atoms with Crippen LogP contribution in [0.1, 0.15) is 0 Å². The molecule has 0 amide bonds. The number of rotatable bonds is 1. The standard InChI is InChI=1S/C6H6FNO.CH3.K/c1-9-6-3-2-5(7)4-8-6;;/h2-4H,1H3;1H3;/q;-1;+1. The Bertz CT molecular complexity index is 190. The predicted molar refractivity (Wildman–Crippen MR) is 37.2 cm³/mol. The van der Waals surface area contributed by atoms with Crippen LogP contribution < -0.4 is 56.1 Å². The van der Waals surface area contributed by atoms with E-state index in [-0.39, 0.29) is 64.6 Å². The Balaban J connectivity index is 0. The topological polar surface area (TPSA) is 22.1 Å². The maximum atomic E-state index is 12.1. The minimum absolute atomic E-state index is 0. The van der Waals surface area contributed by atoms with Crippen molar-refractivity contribution in [3.63, 3.8) is 0 Å². The van der Waals surface area contributed by atoms with Crippen molar-refractivity contribution in [2.24, 2.45) is 0 Å². The minimum atomic E-state index is -0.351. The molecule has 0 saturated heterocycles. The molecule has 0 aliphatic heterocycles. The van der Waals surface area contributed by atoms with Crippen LogP contribution in [0.25, 0.3) is 0 Å². The van der Waals surface area contributed by atoms with Crippen LogP contribution in [0.2, 0.25) is 0 Å². The summed E-state index contributed by atoms with van der Waals surface area (Å²) in [5.74, 6) is 0.0761. The number of hydrogen-bond donors (Lipinski definition) is 0. The van der Waals surface area contributed by atoms with Crippen LogP contribution in [0.5, 0.6) is 5.88 Å². The largest absolute Gasteiger partial charge is 1.00 e. The first-order valence-corrected chi connectivity index (χ1v) is 2.48. The van der Waals surface area contributed by atoms with E-state index in [1.807, 2.05) is 0 Å². The maximum Gasteiger partial charge on any atom is 1.00 e. The minimum Gasteiger partial charge on any atom is -0.481 e. The smallest absolute Gasteiger partial charge is 0.481 e. The molecule has 1 aromatic rings. The summed E-state index contributed by atoms with van der Waals surface area (Å²) >= 11 is 0. The van der Waals surface area contributed by atoms with E-state index in [0.717, 1.165) is 6.20 Å². The van der Waals surface area contributed by atoms with Gasteiger partial charge < -0.3 is 12.2 Å². The molecule has 0 unspecified atom stereocenters. The van der Waals surface area contributed by atoms with Gasteiger partial charge in [0, 0.05) is 6.07 Å². The summed E-state index contributed by atoms with van der Waals surface area (Å²) in [5.41, 5.74) is 0. The zero-order valence-corrected chi connectivity index (χ0v) is 10.1. The van der Waals surface area contributed by atoms with Gasteiger partial charge in [0.05, 0.1) is 13.3 Å². The fourth-order valence-corrected chi connectivity index (χ4v) is 0.483. The molecule has 11 heavy (non-hydrogen) atoms. The Morgan fingerprint density at radius 1 is 1.45 bits per heavy atom. The molecule has 4 heteroatoms. The molecule has 0 saturated carbocycles. The Morgan fingerprint density at radius 3 is 2.45 bits per heavy atom. The van der Waals surface area contributed by atoms with Crippen molar-refractivity contribution in [1.82, 2.24) is 4.98 Å². The molecule has 0 aliphatic carbocycles. The van der Waals surface area contributed by atoms with Crippen molar-refractivity contribution in [2.45, 2.75) is 0 Å². The van der Waals surface area contributed by atoms with Crippen molar-refractivity contribution < 1.29 is 60.5 Å². The second-order valence-corrected chi connectivity index (χ2v) is 1.52. The molecule has 0 spiro atoms. The van der Waals surface area contributed by atoms with Crippen molar-refractivity contribution in [3.8, 4) is 5.88 Å². The number of pyridine rings is 1. The van der Waals surface area contributed by atoms with Crippen LogP contribution in [-0.4, -0.2) is 12.1 Å². The zero-order chi connectivity index (χ0) is 6.69. The number of halogens is 1. The van der Waals surface area contributed by atoms with Gasteiger partial charge in [-0.3, -0.25) is 0 Å². The molecule has 2 nitrogen and oxygen atoms in total. The molecule has 0 atom stereocenters. The van der Waals surface area contributed by atoms with E-state index in [0.29, 0.717) is 5.88 Å². The summed E-state index contributed by atoms with van der Waals surface area (Å²) in [6.07, 6.45) is 1.11. The summed E-state index contributed by atoms with van der Waals surface area (Å²) in [6, 6.07) is 2.77. The summed E-state index contributed by atoms with van der Waals surface area (Å²) in [5, 5.41) is 0. The van der Waals surface area contributed by atoms with E-state index in [9.17, 15) is 4.39 Å². The van der Waals surface area contributed by atoms with Gasteiger partial charge in [0.1, 0.15) is 5.82 Å². The molecule has 0 N–H and O–H groups in total. The fraction of sp³-hybridized carbons (Fsp3) is 0.143. The van der Waals surface area contributed by atoms with Gasteiger partial charge in [-0.15, -0.1) is 0 Å². The number of hydrogen-bond acceptors (Lipinski definition) is 2. The van der Waals surface area contributed by atoms with E-state index in [4.69, 9.17) is 4.74 Å². The van der Waals surface area contributed by atoms with Crippen LogP contribution in [0, 0.1) is 13.2 Å². The van der Waals surface area contributed by atoms with E-state index in [2.05, 4.69) is 4.98 Å². The molecular weight excluding hydrogens is 172 g/mol. The van der Waals surface area contributed by atoms with Crippen LogP contribution in [-0.2, 0) is 0 Å². The Morgan fingerprint density at radius 2 is 2.09 bits per heavy atom. The third-order valence-electron chi connectivity index (χ3n) is 0.909. The van der Waals surface area contributed by atoms with Gasteiger partial charge in [-0.2, -0.15) is 0 Å². The first-order valence-electron chi connectivity index (χ1n) is 2.48. The van der Waals surface area contributed by atoms with Crippen molar-refractivity contribution in [3.05, 3.63) is 31.6 Å². The molecule has 0 radical (unpaired) electrons. The van der Waals surface area contributed by atoms with Gasteiger partial charge in [0.15, 0.2) is 0 Å². The van der Waals surface area contributed by atoms with Crippen molar-refractivity contribution in [2.75, 3.05) is 7.11 Å². The molecule has 0 fully saturated rings. The second-order valence-electron chi connectivity index (χ2n) is 1.52. The van der Waals surface area contributed by atoms with Gasteiger partial charge in [-0.1, -0.05) is 0 Å². The molecule has 1 aromatic heterocycles. The average molecular weight is 181 g/mol. The molecule has 0 bridgehead atoms. The maximum absolute atomic E-state index is 12.1. The summed E-state index contributed by atoms with van der Waals surface area (Å²) < 4.78 is 16.8. The fourth-order valence-electron chi connectivity index (χ4n) is 0.483. The Hall–Kier alpha value is 0.516. The van der Waals surface area contributed by atoms with E-state index in [1.165, 1.54) is 19.2 Å². The van der Waals surface area contributed by atoms with Crippen LogP contribution in [0.15, 0.2) is 18.3 Å². The Kier molecular flexibility index (Phi) is 9.18. The molecule has 1 heterocycles. The monoisotopic (exact) mass is 181 g/mol. The average Bonchev–Trinajstić information content (AvgIpc) is 1.90. The number of methoxy groups -OCH3 is 1. The summed E-state index contributed by atoms with van der Waals surface area (Å²) in [7, 11) is 1.49. The van der Waals surface area contributed by atoms with Gasteiger partial charge in [-0.25, -0.2) is 9.37 Å². The SMILES string of the molecule is COc1ccc(F)cn1.[CH3-].[K+]. The quantitative estimate of drug-likeness (QED) is 0.396. The molecule has 1 rings (SSSR count). The van der Waals surface area contributed by atoms with Crippen LogP contribution in [0.4, 0.5) is 4.39 Å². The number of aromatic nitrogens is 1. The molecular formula is C7H9FKNO. The first-order chi connectivity index (χ1) is 4.33. The van der Waals surface area contributed by atoms with E-state index < -0.39 is 0 Å². The second kappa shape index (κ2) is 7.18. The normalized spacial score (nSPS) is 7.45. The molecule has 0 aromatic carbocycles. The molecule has 0 aliphatic rings. The van der Waals surface area contributed by atoms with E-state index in [1.54, 1.807) is 0 Å². The summed E-state index contributed by atoms with van der Waals surface area (Å²) in [4.78, 5) is 3.60. The predicted octanol–water partition coefficient (Wildman–Crippen LogP) is -1.32. The van der Waals surface area contributed by atoms with Gasteiger partial charge >= 0.3 is 51.4 Å². The van der Waals surface area contributed by atoms with Crippen LogP contribution >= 0.6 is 0 Å². The first kappa shape index (κ1) is 14.1. The number of ether oxygens (including phenoxy) is 1. The van der Waals surface area contributed by atoms with E-state index >= 15 is 0 Å².